The van der Waals surface area contributed by atoms with E-state index in [1.54, 1.807) is 19.4 Å². The third-order valence-corrected chi connectivity index (χ3v) is 2.89. The molecule has 6 heteroatoms. The molecular weight excluding hydrogens is 268 g/mol. The van der Waals surface area contributed by atoms with Gasteiger partial charge in [0.15, 0.2) is 0 Å². The minimum absolute atomic E-state index is 0.00851. The van der Waals surface area contributed by atoms with Gasteiger partial charge >= 0.3 is 0 Å². The standard InChI is InChI=1S/C15H18N4O2/c1-10(17-15-16-8-7-14(19-15)21-3)12-5-4-6-13(9-12)18-11(2)20/h4-10H,1-3H3,(H,18,20)(H,16,17,19). The fraction of sp³-hybridized carbons (Fsp3) is 0.267. The van der Waals surface area contributed by atoms with Gasteiger partial charge in [0.25, 0.3) is 0 Å². The molecule has 0 saturated carbocycles. The van der Waals surface area contributed by atoms with Crippen molar-refractivity contribution in [1.82, 2.24) is 9.97 Å². The summed E-state index contributed by atoms with van der Waals surface area (Å²) < 4.78 is 5.07. The molecule has 1 aromatic heterocycles. The molecule has 0 aliphatic rings. The van der Waals surface area contributed by atoms with Gasteiger partial charge in [-0.25, -0.2) is 4.98 Å². The van der Waals surface area contributed by atoms with Gasteiger partial charge in [-0.1, -0.05) is 12.1 Å². The highest BCUT2D eigenvalue weighted by atomic mass is 16.5. The maximum atomic E-state index is 11.1. The highest BCUT2D eigenvalue weighted by Crippen LogP contribution is 2.21. The molecule has 0 spiro atoms. The lowest BCUT2D eigenvalue weighted by atomic mass is 10.1. The molecule has 1 aromatic carbocycles. The van der Waals surface area contributed by atoms with Gasteiger partial charge in [0, 0.05) is 24.9 Å². The van der Waals surface area contributed by atoms with Gasteiger partial charge in [0.1, 0.15) is 0 Å². The first kappa shape index (κ1) is 14.8. The van der Waals surface area contributed by atoms with Gasteiger partial charge in [-0.3, -0.25) is 4.79 Å². The van der Waals surface area contributed by atoms with Gasteiger partial charge in [-0.05, 0) is 24.6 Å². The summed E-state index contributed by atoms with van der Waals surface area (Å²) in [7, 11) is 1.56. The first-order valence-electron chi connectivity index (χ1n) is 6.59. The number of aromatic nitrogens is 2. The Morgan fingerprint density at radius 2 is 2.14 bits per heavy atom. The van der Waals surface area contributed by atoms with Crippen molar-refractivity contribution in [3.05, 3.63) is 42.1 Å². The summed E-state index contributed by atoms with van der Waals surface area (Å²) in [6.45, 7) is 3.48. The Labute approximate surface area is 123 Å². The third-order valence-electron chi connectivity index (χ3n) is 2.89. The number of rotatable bonds is 5. The Morgan fingerprint density at radius 1 is 1.33 bits per heavy atom. The minimum atomic E-state index is -0.0936. The summed E-state index contributed by atoms with van der Waals surface area (Å²) in [5.41, 5.74) is 1.79. The van der Waals surface area contributed by atoms with Crippen LogP contribution in [0.4, 0.5) is 11.6 Å². The van der Waals surface area contributed by atoms with E-state index < -0.39 is 0 Å². The average molecular weight is 286 g/mol. The lowest BCUT2D eigenvalue weighted by Gasteiger charge is -2.15. The maximum Gasteiger partial charge on any atom is 0.226 e. The second-order valence-electron chi connectivity index (χ2n) is 4.60. The Morgan fingerprint density at radius 3 is 2.86 bits per heavy atom. The van der Waals surface area contributed by atoms with E-state index in [1.807, 2.05) is 31.2 Å². The highest BCUT2D eigenvalue weighted by Gasteiger charge is 2.08. The summed E-state index contributed by atoms with van der Waals surface area (Å²) in [4.78, 5) is 19.5. The number of benzene rings is 1. The van der Waals surface area contributed by atoms with Gasteiger partial charge in [0.05, 0.1) is 13.2 Å². The van der Waals surface area contributed by atoms with Crippen LogP contribution in [0.3, 0.4) is 0 Å². The molecule has 0 saturated heterocycles. The molecule has 6 nitrogen and oxygen atoms in total. The predicted octanol–water partition coefficient (Wildman–Crippen LogP) is 2.62. The zero-order valence-electron chi connectivity index (χ0n) is 12.3. The topological polar surface area (TPSA) is 76.1 Å². The summed E-state index contributed by atoms with van der Waals surface area (Å²) in [5, 5.41) is 5.96. The molecule has 0 radical (unpaired) electrons. The van der Waals surface area contributed by atoms with E-state index in [1.165, 1.54) is 6.92 Å². The van der Waals surface area contributed by atoms with Crippen molar-refractivity contribution >= 4 is 17.5 Å². The number of carbonyl (C=O) groups excluding carboxylic acids is 1. The Bertz CT molecular complexity index is 631. The summed E-state index contributed by atoms with van der Waals surface area (Å²) in [6.07, 6.45) is 1.63. The largest absolute Gasteiger partial charge is 0.481 e. The number of nitrogens with zero attached hydrogens (tertiary/aromatic N) is 2. The monoisotopic (exact) mass is 286 g/mol. The Kier molecular flexibility index (Phi) is 4.71. The molecule has 2 rings (SSSR count). The molecule has 0 aliphatic carbocycles. The van der Waals surface area contributed by atoms with Crippen molar-refractivity contribution in [2.75, 3.05) is 17.7 Å². The maximum absolute atomic E-state index is 11.1. The lowest BCUT2D eigenvalue weighted by Crippen LogP contribution is -2.11. The van der Waals surface area contributed by atoms with Crippen LogP contribution in [0.25, 0.3) is 0 Å². The SMILES string of the molecule is COc1ccnc(NC(C)c2cccc(NC(C)=O)c2)n1. The van der Waals surface area contributed by atoms with Crippen LogP contribution in [0.1, 0.15) is 25.5 Å². The summed E-state index contributed by atoms with van der Waals surface area (Å²) in [6, 6.07) is 9.31. The summed E-state index contributed by atoms with van der Waals surface area (Å²) >= 11 is 0. The van der Waals surface area contributed by atoms with Crippen molar-refractivity contribution in [2.45, 2.75) is 19.9 Å². The number of amides is 1. The zero-order valence-corrected chi connectivity index (χ0v) is 12.3. The van der Waals surface area contributed by atoms with Crippen molar-refractivity contribution in [2.24, 2.45) is 0 Å². The molecule has 1 atom stereocenters. The summed E-state index contributed by atoms with van der Waals surface area (Å²) in [5.74, 6) is 0.905. The molecule has 2 aromatic rings. The molecule has 21 heavy (non-hydrogen) atoms. The Balaban J connectivity index is 2.12. The van der Waals surface area contributed by atoms with Gasteiger partial charge in [-0.15, -0.1) is 0 Å². The van der Waals surface area contributed by atoms with E-state index in [-0.39, 0.29) is 11.9 Å². The second-order valence-corrected chi connectivity index (χ2v) is 4.60. The minimum Gasteiger partial charge on any atom is -0.481 e. The van der Waals surface area contributed by atoms with Crippen LogP contribution in [-0.4, -0.2) is 23.0 Å². The van der Waals surface area contributed by atoms with Crippen molar-refractivity contribution in [1.29, 1.82) is 0 Å². The molecule has 0 fully saturated rings. The van der Waals surface area contributed by atoms with E-state index in [4.69, 9.17) is 4.74 Å². The molecule has 110 valence electrons. The molecule has 1 heterocycles. The van der Waals surface area contributed by atoms with Gasteiger partial charge in [0.2, 0.25) is 17.7 Å². The van der Waals surface area contributed by atoms with Crippen LogP contribution >= 0.6 is 0 Å². The fourth-order valence-electron chi connectivity index (χ4n) is 1.89. The first-order chi connectivity index (χ1) is 10.1. The molecule has 2 N–H and O–H groups in total. The predicted molar refractivity (Wildman–Crippen MR) is 81.4 cm³/mol. The quantitative estimate of drug-likeness (QED) is 0.883. The van der Waals surface area contributed by atoms with E-state index in [0.717, 1.165) is 11.3 Å². The number of anilines is 2. The van der Waals surface area contributed by atoms with Crippen molar-refractivity contribution in [3.8, 4) is 5.88 Å². The van der Waals surface area contributed by atoms with Crippen LogP contribution in [0.15, 0.2) is 36.5 Å². The number of methoxy groups -OCH3 is 1. The Hall–Kier alpha value is -2.63. The number of nitrogens with one attached hydrogen (secondary N) is 2. The molecule has 0 aliphatic heterocycles. The van der Waals surface area contributed by atoms with E-state index >= 15 is 0 Å². The van der Waals surface area contributed by atoms with Crippen LogP contribution in [0, 0.1) is 0 Å². The molecule has 0 bridgehead atoms. The number of hydrogen-bond donors (Lipinski definition) is 2. The van der Waals surface area contributed by atoms with Gasteiger partial charge < -0.3 is 15.4 Å². The van der Waals surface area contributed by atoms with Crippen LogP contribution in [-0.2, 0) is 4.79 Å². The first-order valence-corrected chi connectivity index (χ1v) is 6.59. The average Bonchev–Trinajstić information content (AvgIpc) is 2.47. The third kappa shape index (κ3) is 4.17. The normalized spacial score (nSPS) is 11.6. The zero-order chi connectivity index (χ0) is 15.2. The van der Waals surface area contributed by atoms with Crippen LogP contribution in [0.2, 0.25) is 0 Å². The van der Waals surface area contributed by atoms with E-state index in [9.17, 15) is 4.79 Å². The van der Waals surface area contributed by atoms with Crippen LogP contribution < -0.4 is 15.4 Å². The highest BCUT2D eigenvalue weighted by molar-refractivity contribution is 5.88. The van der Waals surface area contributed by atoms with E-state index in [0.29, 0.717) is 11.8 Å². The second kappa shape index (κ2) is 6.69. The van der Waals surface area contributed by atoms with Crippen molar-refractivity contribution in [3.63, 3.8) is 0 Å². The van der Waals surface area contributed by atoms with Crippen molar-refractivity contribution < 1.29 is 9.53 Å². The molecule has 1 amide bonds. The molecule has 1 unspecified atom stereocenters. The fourth-order valence-corrected chi connectivity index (χ4v) is 1.89. The molecular formula is C15H18N4O2. The number of carbonyl (C=O) groups is 1. The van der Waals surface area contributed by atoms with Gasteiger partial charge in [-0.2, -0.15) is 4.98 Å². The number of hydrogen-bond acceptors (Lipinski definition) is 5. The van der Waals surface area contributed by atoms with Crippen LogP contribution in [0.5, 0.6) is 5.88 Å². The smallest absolute Gasteiger partial charge is 0.226 e. The lowest BCUT2D eigenvalue weighted by molar-refractivity contribution is -0.114. The number of ether oxygens (including phenoxy) is 1. The van der Waals surface area contributed by atoms with E-state index in [2.05, 4.69) is 20.6 Å².